The van der Waals surface area contributed by atoms with E-state index in [4.69, 9.17) is 10.3 Å². The van der Waals surface area contributed by atoms with Gasteiger partial charge in [0.1, 0.15) is 17.2 Å². The van der Waals surface area contributed by atoms with Crippen LogP contribution >= 0.6 is 0 Å². The van der Waals surface area contributed by atoms with Gasteiger partial charge in [0.2, 0.25) is 0 Å². The average molecular weight is 290 g/mol. The molecule has 1 fully saturated rings. The number of nitrogens with two attached hydrogens (primary N) is 1. The predicted molar refractivity (Wildman–Crippen MR) is 82.0 cm³/mol. The number of halogens is 1. The Morgan fingerprint density at radius 1 is 1.24 bits per heavy atom. The number of benzene rings is 1. The second-order valence-corrected chi connectivity index (χ2v) is 6.13. The van der Waals surface area contributed by atoms with Crippen molar-refractivity contribution >= 4 is 11.0 Å². The minimum Gasteiger partial charge on any atom is -0.459 e. The highest BCUT2D eigenvalue weighted by atomic mass is 19.1. The van der Waals surface area contributed by atoms with Crippen LogP contribution in [0.15, 0.2) is 28.7 Å². The molecule has 1 unspecified atom stereocenters. The van der Waals surface area contributed by atoms with Gasteiger partial charge in [0.15, 0.2) is 0 Å². The van der Waals surface area contributed by atoms with Crippen molar-refractivity contribution in [3.63, 3.8) is 0 Å². The molecule has 1 aromatic heterocycles. The lowest BCUT2D eigenvalue weighted by atomic mass is 9.85. The van der Waals surface area contributed by atoms with Crippen molar-refractivity contribution < 1.29 is 8.81 Å². The summed E-state index contributed by atoms with van der Waals surface area (Å²) in [7, 11) is 0. The van der Waals surface area contributed by atoms with Gasteiger partial charge in [-0.2, -0.15) is 0 Å². The molecule has 114 valence electrons. The Hall–Kier alpha value is -1.39. The van der Waals surface area contributed by atoms with Gasteiger partial charge in [-0.05, 0) is 43.0 Å². The number of hydrazine groups is 1. The van der Waals surface area contributed by atoms with Crippen LogP contribution < -0.4 is 11.3 Å². The molecule has 0 aliphatic heterocycles. The molecule has 21 heavy (non-hydrogen) atoms. The lowest BCUT2D eigenvalue weighted by molar-refractivity contribution is 0.304. The van der Waals surface area contributed by atoms with E-state index in [0.717, 1.165) is 23.5 Å². The Kier molecular flexibility index (Phi) is 4.56. The topological polar surface area (TPSA) is 51.2 Å². The number of hydrogen-bond acceptors (Lipinski definition) is 3. The van der Waals surface area contributed by atoms with E-state index in [2.05, 4.69) is 5.43 Å². The fraction of sp³-hybridized carbons (Fsp3) is 0.529. The largest absolute Gasteiger partial charge is 0.459 e. The maximum Gasteiger partial charge on any atom is 0.134 e. The van der Waals surface area contributed by atoms with Crippen LogP contribution in [-0.2, 0) is 0 Å². The minimum atomic E-state index is -0.241. The molecule has 0 radical (unpaired) electrons. The third-order valence-corrected chi connectivity index (χ3v) is 4.63. The molecular formula is C17H23FN2O. The van der Waals surface area contributed by atoms with Crippen molar-refractivity contribution in [2.45, 2.75) is 51.0 Å². The second-order valence-electron chi connectivity index (χ2n) is 6.13. The quantitative estimate of drug-likeness (QED) is 0.632. The Morgan fingerprint density at radius 2 is 2.05 bits per heavy atom. The monoisotopic (exact) mass is 290 g/mol. The van der Waals surface area contributed by atoms with Crippen LogP contribution in [0.3, 0.4) is 0 Å². The minimum absolute atomic E-state index is 0.00221. The molecule has 1 atom stereocenters. The summed E-state index contributed by atoms with van der Waals surface area (Å²) in [6.45, 7) is 0. The molecule has 2 aromatic rings. The van der Waals surface area contributed by atoms with E-state index in [1.54, 1.807) is 6.07 Å². The molecule has 3 rings (SSSR count). The first kappa shape index (κ1) is 14.5. The second kappa shape index (κ2) is 6.58. The van der Waals surface area contributed by atoms with E-state index in [-0.39, 0.29) is 11.9 Å². The zero-order chi connectivity index (χ0) is 14.7. The van der Waals surface area contributed by atoms with Gasteiger partial charge in [-0.15, -0.1) is 0 Å². The number of rotatable bonds is 5. The van der Waals surface area contributed by atoms with Gasteiger partial charge in [0.05, 0.1) is 6.04 Å². The molecule has 3 N–H and O–H groups in total. The summed E-state index contributed by atoms with van der Waals surface area (Å²) in [6.07, 6.45) is 8.89. The van der Waals surface area contributed by atoms with E-state index in [9.17, 15) is 4.39 Å². The summed E-state index contributed by atoms with van der Waals surface area (Å²) in [5, 5.41) is 0.794. The maximum absolute atomic E-state index is 13.2. The van der Waals surface area contributed by atoms with E-state index >= 15 is 0 Å². The smallest absolute Gasteiger partial charge is 0.134 e. The molecule has 1 aliphatic rings. The molecule has 4 heteroatoms. The predicted octanol–water partition coefficient (Wildman–Crippen LogP) is 4.44. The molecule has 1 aromatic carbocycles. The molecule has 3 nitrogen and oxygen atoms in total. The van der Waals surface area contributed by atoms with Crippen LogP contribution in [0.5, 0.6) is 0 Å². The summed E-state index contributed by atoms with van der Waals surface area (Å²) >= 11 is 0. The molecule has 0 spiro atoms. The summed E-state index contributed by atoms with van der Waals surface area (Å²) in [6, 6.07) is 6.48. The number of hydrogen-bond donors (Lipinski definition) is 2. The normalized spacial score (nSPS) is 18.2. The van der Waals surface area contributed by atoms with Crippen molar-refractivity contribution in [2.75, 3.05) is 0 Å². The van der Waals surface area contributed by atoms with Gasteiger partial charge >= 0.3 is 0 Å². The first-order valence-electron chi connectivity index (χ1n) is 7.91. The fourth-order valence-corrected chi connectivity index (χ4v) is 3.39. The zero-order valence-electron chi connectivity index (χ0n) is 12.3. The van der Waals surface area contributed by atoms with Crippen LogP contribution in [0.2, 0.25) is 0 Å². The zero-order valence-corrected chi connectivity index (χ0v) is 12.3. The summed E-state index contributed by atoms with van der Waals surface area (Å²) in [4.78, 5) is 0. The highest BCUT2D eigenvalue weighted by Crippen LogP contribution is 2.32. The van der Waals surface area contributed by atoms with Crippen molar-refractivity contribution in [3.05, 3.63) is 35.8 Å². The Morgan fingerprint density at radius 3 is 2.81 bits per heavy atom. The SMILES string of the molecule is NNC(CCC1CCCCC1)c1cc2cc(F)ccc2o1. The van der Waals surface area contributed by atoms with Crippen molar-refractivity contribution in [2.24, 2.45) is 11.8 Å². The van der Waals surface area contributed by atoms with Gasteiger partial charge in [-0.25, -0.2) is 9.82 Å². The third kappa shape index (κ3) is 3.44. The maximum atomic E-state index is 13.2. The molecule has 0 bridgehead atoms. The first-order chi connectivity index (χ1) is 10.3. The number of nitrogens with one attached hydrogen (secondary N) is 1. The average Bonchev–Trinajstić information content (AvgIpc) is 2.92. The highest BCUT2D eigenvalue weighted by Gasteiger charge is 2.19. The van der Waals surface area contributed by atoms with Crippen molar-refractivity contribution in [1.29, 1.82) is 0 Å². The summed E-state index contributed by atoms with van der Waals surface area (Å²) < 4.78 is 19.0. The number of furan rings is 1. The van der Waals surface area contributed by atoms with Crippen molar-refractivity contribution in [3.8, 4) is 0 Å². The summed E-state index contributed by atoms with van der Waals surface area (Å²) in [5.41, 5.74) is 3.56. The molecular weight excluding hydrogens is 267 g/mol. The fourth-order valence-electron chi connectivity index (χ4n) is 3.39. The molecule has 0 saturated heterocycles. The van der Waals surface area contributed by atoms with E-state index in [1.165, 1.54) is 50.7 Å². The van der Waals surface area contributed by atoms with Gasteiger partial charge in [0, 0.05) is 5.39 Å². The van der Waals surface area contributed by atoms with E-state index in [0.29, 0.717) is 5.58 Å². The Labute approximate surface area is 124 Å². The third-order valence-electron chi connectivity index (χ3n) is 4.63. The van der Waals surface area contributed by atoms with Gasteiger partial charge in [-0.3, -0.25) is 5.84 Å². The van der Waals surface area contributed by atoms with Gasteiger partial charge in [-0.1, -0.05) is 32.1 Å². The van der Waals surface area contributed by atoms with Crippen LogP contribution in [0.25, 0.3) is 11.0 Å². The Balaban J connectivity index is 1.68. The van der Waals surface area contributed by atoms with Crippen LogP contribution in [-0.4, -0.2) is 0 Å². The lowest BCUT2D eigenvalue weighted by Gasteiger charge is -2.23. The van der Waals surface area contributed by atoms with E-state index < -0.39 is 0 Å². The Bertz CT molecular complexity index is 589. The lowest BCUT2D eigenvalue weighted by Crippen LogP contribution is -2.28. The molecule has 1 aliphatic carbocycles. The standard InChI is InChI=1S/C17H23FN2O/c18-14-7-9-16-13(10-14)11-17(21-16)15(20-19)8-6-12-4-2-1-3-5-12/h7,9-12,15,20H,1-6,8,19H2. The van der Waals surface area contributed by atoms with Crippen LogP contribution in [0, 0.1) is 11.7 Å². The van der Waals surface area contributed by atoms with Crippen molar-refractivity contribution in [1.82, 2.24) is 5.43 Å². The molecule has 0 amide bonds. The molecule has 1 heterocycles. The van der Waals surface area contributed by atoms with E-state index in [1.807, 2.05) is 6.07 Å². The van der Waals surface area contributed by atoms with Crippen LogP contribution in [0.4, 0.5) is 4.39 Å². The molecule has 1 saturated carbocycles. The van der Waals surface area contributed by atoms with Gasteiger partial charge < -0.3 is 4.42 Å². The van der Waals surface area contributed by atoms with Crippen LogP contribution in [0.1, 0.15) is 56.7 Å². The summed E-state index contributed by atoms with van der Waals surface area (Å²) in [5.74, 6) is 7.06. The highest BCUT2D eigenvalue weighted by molar-refractivity contribution is 5.78. The first-order valence-corrected chi connectivity index (χ1v) is 7.91. The van der Waals surface area contributed by atoms with Gasteiger partial charge in [0.25, 0.3) is 0 Å². The number of fused-ring (bicyclic) bond motifs is 1.